The van der Waals surface area contributed by atoms with E-state index in [-0.39, 0.29) is 6.03 Å². The highest BCUT2D eigenvalue weighted by Gasteiger charge is 2.25. The Morgan fingerprint density at radius 1 is 1.29 bits per heavy atom. The molecule has 2 aliphatic heterocycles. The average Bonchev–Trinajstić information content (AvgIpc) is 3.22. The third-order valence-electron chi connectivity index (χ3n) is 4.20. The molecule has 2 saturated heterocycles. The lowest BCUT2D eigenvalue weighted by Gasteiger charge is -2.30. The number of morpholine rings is 1. The average molecular weight is 309 g/mol. The number of likely N-dealkylation sites (tertiary alicyclic amines) is 1. The van der Waals surface area contributed by atoms with Gasteiger partial charge >= 0.3 is 6.03 Å². The fourth-order valence-electron chi connectivity index (χ4n) is 3.01. The van der Waals surface area contributed by atoms with Crippen molar-refractivity contribution in [1.82, 2.24) is 15.1 Å². The fourth-order valence-corrected chi connectivity index (χ4v) is 3.87. The van der Waals surface area contributed by atoms with E-state index in [9.17, 15) is 4.79 Å². The van der Waals surface area contributed by atoms with Gasteiger partial charge < -0.3 is 15.0 Å². The van der Waals surface area contributed by atoms with Crippen molar-refractivity contribution in [2.75, 3.05) is 45.9 Å². The van der Waals surface area contributed by atoms with Crippen LogP contribution < -0.4 is 5.32 Å². The standard InChI is InChI=1S/C15H23N3O2S/c19-15(18-7-9-20-10-8-18)16-12-13(14-4-3-11-21-14)17-5-1-2-6-17/h3-4,11,13H,1-2,5-10,12H2,(H,16,19). The normalized spacial score (nSPS) is 21.4. The summed E-state index contributed by atoms with van der Waals surface area (Å²) in [4.78, 5) is 17.9. The molecule has 116 valence electrons. The summed E-state index contributed by atoms with van der Waals surface area (Å²) in [5.74, 6) is 0. The van der Waals surface area contributed by atoms with Crippen LogP contribution in [0.25, 0.3) is 0 Å². The Balaban J connectivity index is 1.58. The van der Waals surface area contributed by atoms with Crippen molar-refractivity contribution in [3.63, 3.8) is 0 Å². The minimum Gasteiger partial charge on any atom is -0.378 e. The molecule has 3 heterocycles. The Kier molecular flexibility index (Phi) is 5.11. The first kappa shape index (κ1) is 14.8. The van der Waals surface area contributed by atoms with Crippen LogP contribution in [0.3, 0.4) is 0 Å². The molecule has 21 heavy (non-hydrogen) atoms. The zero-order valence-corrected chi connectivity index (χ0v) is 13.1. The molecule has 0 spiro atoms. The fraction of sp³-hybridized carbons (Fsp3) is 0.667. The SMILES string of the molecule is O=C(NCC(c1cccs1)N1CCCC1)N1CCOCC1. The molecule has 3 rings (SSSR count). The highest BCUT2D eigenvalue weighted by Crippen LogP contribution is 2.27. The van der Waals surface area contributed by atoms with E-state index in [4.69, 9.17) is 4.74 Å². The van der Waals surface area contributed by atoms with Gasteiger partial charge in [-0.2, -0.15) is 0 Å². The molecule has 2 amide bonds. The molecular formula is C15H23N3O2S. The maximum Gasteiger partial charge on any atom is 0.317 e. The molecule has 1 N–H and O–H groups in total. The van der Waals surface area contributed by atoms with Crippen LogP contribution >= 0.6 is 11.3 Å². The van der Waals surface area contributed by atoms with Gasteiger partial charge in [-0.05, 0) is 37.4 Å². The van der Waals surface area contributed by atoms with Gasteiger partial charge in [0, 0.05) is 24.5 Å². The largest absolute Gasteiger partial charge is 0.378 e. The third-order valence-corrected chi connectivity index (χ3v) is 5.17. The van der Waals surface area contributed by atoms with Crippen LogP contribution in [-0.2, 0) is 4.74 Å². The number of nitrogens with one attached hydrogen (secondary N) is 1. The molecular weight excluding hydrogens is 286 g/mol. The second kappa shape index (κ2) is 7.24. The molecule has 0 radical (unpaired) electrons. The molecule has 1 aromatic heterocycles. The van der Waals surface area contributed by atoms with E-state index in [1.807, 2.05) is 4.90 Å². The van der Waals surface area contributed by atoms with Crippen molar-refractivity contribution in [2.24, 2.45) is 0 Å². The summed E-state index contributed by atoms with van der Waals surface area (Å²) in [7, 11) is 0. The minimum atomic E-state index is 0.0408. The predicted octanol–water partition coefficient (Wildman–Crippen LogP) is 1.93. The molecule has 1 atom stereocenters. The number of urea groups is 1. The van der Waals surface area contributed by atoms with Gasteiger partial charge in [0.05, 0.1) is 19.3 Å². The van der Waals surface area contributed by atoms with Gasteiger partial charge in [-0.1, -0.05) is 6.07 Å². The summed E-state index contributed by atoms with van der Waals surface area (Å²) in [5.41, 5.74) is 0. The van der Waals surface area contributed by atoms with Crippen LogP contribution in [0.4, 0.5) is 4.79 Å². The summed E-state index contributed by atoms with van der Waals surface area (Å²) < 4.78 is 5.29. The van der Waals surface area contributed by atoms with Gasteiger partial charge in [-0.25, -0.2) is 4.79 Å². The zero-order valence-electron chi connectivity index (χ0n) is 12.3. The molecule has 0 bridgehead atoms. The van der Waals surface area contributed by atoms with Crippen LogP contribution in [0.5, 0.6) is 0 Å². The number of nitrogens with zero attached hydrogens (tertiary/aromatic N) is 2. The smallest absolute Gasteiger partial charge is 0.317 e. The van der Waals surface area contributed by atoms with Crippen LogP contribution in [0.2, 0.25) is 0 Å². The number of hydrogen-bond acceptors (Lipinski definition) is 4. The van der Waals surface area contributed by atoms with Gasteiger partial charge in [-0.3, -0.25) is 4.90 Å². The lowest BCUT2D eigenvalue weighted by atomic mass is 10.2. The maximum absolute atomic E-state index is 12.2. The van der Waals surface area contributed by atoms with Crippen molar-refractivity contribution in [1.29, 1.82) is 0 Å². The van der Waals surface area contributed by atoms with Crippen molar-refractivity contribution in [2.45, 2.75) is 18.9 Å². The van der Waals surface area contributed by atoms with E-state index in [0.717, 1.165) is 13.1 Å². The van der Waals surface area contributed by atoms with Crippen LogP contribution in [-0.4, -0.2) is 61.8 Å². The molecule has 2 aliphatic rings. The van der Waals surface area contributed by atoms with Gasteiger partial charge in [-0.15, -0.1) is 11.3 Å². The van der Waals surface area contributed by atoms with Gasteiger partial charge in [0.25, 0.3) is 0 Å². The summed E-state index contributed by atoms with van der Waals surface area (Å²) in [5, 5.41) is 5.23. The Bertz CT molecular complexity index is 440. The molecule has 0 aliphatic carbocycles. The maximum atomic E-state index is 12.2. The molecule has 6 heteroatoms. The molecule has 1 aromatic rings. The van der Waals surface area contributed by atoms with Crippen molar-refractivity contribution in [3.8, 4) is 0 Å². The lowest BCUT2D eigenvalue weighted by molar-refractivity contribution is 0.0527. The van der Waals surface area contributed by atoms with Crippen LogP contribution in [0.15, 0.2) is 17.5 Å². The zero-order chi connectivity index (χ0) is 14.5. The quantitative estimate of drug-likeness (QED) is 0.924. The molecule has 1 unspecified atom stereocenters. The number of amides is 2. The highest BCUT2D eigenvalue weighted by atomic mass is 32.1. The van der Waals surface area contributed by atoms with E-state index in [1.165, 1.54) is 17.7 Å². The molecule has 0 saturated carbocycles. The summed E-state index contributed by atoms with van der Waals surface area (Å²) in [6.07, 6.45) is 2.53. The number of ether oxygens (including phenoxy) is 1. The Hall–Kier alpha value is -1.11. The van der Waals surface area contributed by atoms with E-state index >= 15 is 0 Å². The van der Waals surface area contributed by atoms with Crippen molar-refractivity contribution >= 4 is 17.4 Å². The van der Waals surface area contributed by atoms with Gasteiger partial charge in [0.2, 0.25) is 0 Å². The Morgan fingerprint density at radius 2 is 2.05 bits per heavy atom. The molecule has 5 nitrogen and oxygen atoms in total. The van der Waals surface area contributed by atoms with E-state index in [0.29, 0.717) is 38.9 Å². The van der Waals surface area contributed by atoms with Crippen LogP contribution in [0.1, 0.15) is 23.8 Å². The Morgan fingerprint density at radius 3 is 2.71 bits per heavy atom. The van der Waals surface area contributed by atoms with E-state index in [1.54, 1.807) is 11.3 Å². The van der Waals surface area contributed by atoms with Crippen LogP contribution in [0, 0.1) is 0 Å². The Labute approximate surface area is 129 Å². The molecule has 2 fully saturated rings. The summed E-state index contributed by atoms with van der Waals surface area (Å²) in [6, 6.07) is 4.62. The van der Waals surface area contributed by atoms with E-state index < -0.39 is 0 Å². The lowest BCUT2D eigenvalue weighted by Crippen LogP contribution is -2.48. The van der Waals surface area contributed by atoms with E-state index in [2.05, 4.69) is 27.7 Å². The number of carbonyl (C=O) groups is 1. The first-order valence-corrected chi connectivity index (χ1v) is 8.60. The first-order chi connectivity index (χ1) is 10.3. The van der Waals surface area contributed by atoms with Crippen molar-refractivity contribution < 1.29 is 9.53 Å². The second-order valence-electron chi connectivity index (χ2n) is 5.56. The monoisotopic (exact) mass is 309 g/mol. The number of carbonyl (C=O) groups excluding carboxylic acids is 1. The predicted molar refractivity (Wildman–Crippen MR) is 83.7 cm³/mol. The second-order valence-corrected chi connectivity index (χ2v) is 6.54. The topological polar surface area (TPSA) is 44.8 Å². The number of rotatable bonds is 4. The highest BCUT2D eigenvalue weighted by molar-refractivity contribution is 7.10. The third kappa shape index (κ3) is 3.75. The summed E-state index contributed by atoms with van der Waals surface area (Å²) >= 11 is 1.78. The number of thiophene rings is 1. The van der Waals surface area contributed by atoms with Gasteiger partial charge in [0.15, 0.2) is 0 Å². The van der Waals surface area contributed by atoms with Crippen molar-refractivity contribution in [3.05, 3.63) is 22.4 Å². The minimum absolute atomic E-state index is 0.0408. The summed E-state index contributed by atoms with van der Waals surface area (Å²) in [6.45, 7) is 5.64. The first-order valence-electron chi connectivity index (χ1n) is 7.72. The number of hydrogen-bond donors (Lipinski definition) is 1. The molecule has 0 aromatic carbocycles. The van der Waals surface area contributed by atoms with Gasteiger partial charge in [0.1, 0.15) is 0 Å².